The van der Waals surface area contributed by atoms with Gasteiger partial charge in [-0.1, -0.05) is 13.8 Å². The second kappa shape index (κ2) is 6.54. The number of hydrogen-bond donors (Lipinski definition) is 2. The summed E-state index contributed by atoms with van der Waals surface area (Å²) < 4.78 is 27.6. The number of rotatable bonds is 8. The Labute approximate surface area is 99.0 Å². The van der Waals surface area contributed by atoms with Gasteiger partial charge >= 0.3 is 0 Å². The Balaban J connectivity index is 4.47. The SMILES string of the molecule is CCCN(CCC)S(=O)(=O)NCC(C)(C)O. The van der Waals surface area contributed by atoms with Crippen LogP contribution in [0, 0.1) is 0 Å². The van der Waals surface area contributed by atoms with Crippen molar-refractivity contribution in [1.29, 1.82) is 0 Å². The van der Waals surface area contributed by atoms with Crippen LogP contribution in [0.5, 0.6) is 0 Å². The lowest BCUT2D eigenvalue weighted by Crippen LogP contribution is -2.46. The highest BCUT2D eigenvalue weighted by atomic mass is 32.2. The molecule has 0 aliphatic carbocycles. The van der Waals surface area contributed by atoms with Crippen molar-refractivity contribution in [3.63, 3.8) is 0 Å². The van der Waals surface area contributed by atoms with E-state index in [0.29, 0.717) is 13.1 Å². The molecule has 0 heterocycles. The first-order valence-corrected chi connectivity index (χ1v) is 7.14. The maximum atomic E-state index is 11.9. The molecule has 0 amide bonds. The Bertz CT molecular complexity index is 277. The molecule has 0 saturated heterocycles. The number of aliphatic hydroxyl groups is 1. The Morgan fingerprint density at radius 3 is 1.94 bits per heavy atom. The molecular formula is C10H24N2O3S. The number of nitrogens with zero attached hydrogens (tertiary/aromatic N) is 1. The fourth-order valence-corrected chi connectivity index (χ4v) is 2.77. The van der Waals surface area contributed by atoms with Crippen LogP contribution in [0.15, 0.2) is 0 Å². The lowest BCUT2D eigenvalue weighted by molar-refractivity contribution is 0.0852. The topological polar surface area (TPSA) is 69.6 Å². The minimum absolute atomic E-state index is 0.0270. The van der Waals surface area contributed by atoms with Gasteiger partial charge in [0, 0.05) is 19.6 Å². The Hall–Kier alpha value is -0.170. The first kappa shape index (κ1) is 15.8. The summed E-state index contributed by atoms with van der Waals surface area (Å²) in [5.74, 6) is 0. The molecule has 16 heavy (non-hydrogen) atoms. The van der Waals surface area contributed by atoms with Crippen molar-refractivity contribution in [2.24, 2.45) is 0 Å². The summed E-state index contributed by atoms with van der Waals surface area (Å²) >= 11 is 0. The van der Waals surface area contributed by atoms with Crippen molar-refractivity contribution in [1.82, 2.24) is 9.03 Å². The molecule has 98 valence electrons. The molecule has 0 spiro atoms. The summed E-state index contributed by atoms with van der Waals surface area (Å²) in [6, 6.07) is 0. The highest BCUT2D eigenvalue weighted by molar-refractivity contribution is 7.87. The van der Waals surface area contributed by atoms with E-state index >= 15 is 0 Å². The number of nitrogens with one attached hydrogen (secondary N) is 1. The van der Waals surface area contributed by atoms with Crippen molar-refractivity contribution < 1.29 is 13.5 Å². The highest BCUT2D eigenvalue weighted by Gasteiger charge is 2.23. The van der Waals surface area contributed by atoms with E-state index in [4.69, 9.17) is 0 Å². The molecule has 0 fully saturated rings. The molecular weight excluding hydrogens is 228 g/mol. The second-order valence-corrected chi connectivity index (χ2v) is 6.29. The van der Waals surface area contributed by atoms with Gasteiger partial charge in [0.2, 0.25) is 0 Å². The van der Waals surface area contributed by atoms with Crippen molar-refractivity contribution in [2.45, 2.75) is 46.1 Å². The predicted octanol–water partition coefficient (Wildman–Crippen LogP) is 0.714. The van der Waals surface area contributed by atoms with Crippen molar-refractivity contribution in [2.75, 3.05) is 19.6 Å². The van der Waals surface area contributed by atoms with Crippen molar-refractivity contribution in [3.05, 3.63) is 0 Å². The van der Waals surface area contributed by atoms with Gasteiger partial charge in [0.05, 0.1) is 5.60 Å². The molecule has 0 aromatic rings. The van der Waals surface area contributed by atoms with E-state index in [9.17, 15) is 13.5 Å². The van der Waals surface area contributed by atoms with E-state index in [1.807, 2.05) is 13.8 Å². The quantitative estimate of drug-likeness (QED) is 0.668. The van der Waals surface area contributed by atoms with Crippen LogP contribution >= 0.6 is 0 Å². The zero-order valence-corrected chi connectivity index (χ0v) is 11.5. The molecule has 0 bridgehead atoms. The summed E-state index contributed by atoms with van der Waals surface area (Å²) in [7, 11) is -3.46. The van der Waals surface area contributed by atoms with E-state index in [-0.39, 0.29) is 6.54 Å². The molecule has 0 atom stereocenters. The monoisotopic (exact) mass is 252 g/mol. The van der Waals surface area contributed by atoms with Crippen LogP contribution in [0.1, 0.15) is 40.5 Å². The Kier molecular flexibility index (Phi) is 6.47. The molecule has 0 aromatic carbocycles. The summed E-state index contributed by atoms with van der Waals surface area (Å²) in [5, 5.41) is 9.48. The fourth-order valence-electron chi connectivity index (χ4n) is 1.21. The molecule has 0 rings (SSSR count). The zero-order valence-electron chi connectivity index (χ0n) is 10.7. The number of hydrogen-bond acceptors (Lipinski definition) is 3. The van der Waals surface area contributed by atoms with Gasteiger partial charge in [-0.25, -0.2) is 0 Å². The van der Waals surface area contributed by atoms with Gasteiger partial charge in [-0.2, -0.15) is 17.4 Å². The lowest BCUT2D eigenvalue weighted by Gasteiger charge is -2.24. The van der Waals surface area contributed by atoms with Gasteiger partial charge in [0.25, 0.3) is 10.2 Å². The average molecular weight is 252 g/mol. The van der Waals surface area contributed by atoms with Crippen LogP contribution in [0.4, 0.5) is 0 Å². The van der Waals surface area contributed by atoms with Gasteiger partial charge in [-0.15, -0.1) is 0 Å². The molecule has 0 aliphatic rings. The van der Waals surface area contributed by atoms with Crippen LogP contribution in [0.25, 0.3) is 0 Å². The van der Waals surface area contributed by atoms with Crippen LogP contribution in [-0.4, -0.2) is 43.1 Å². The lowest BCUT2D eigenvalue weighted by atomic mass is 10.1. The molecule has 0 saturated carbocycles. The van der Waals surface area contributed by atoms with Crippen LogP contribution in [0.2, 0.25) is 0 Å². The second-order valence-electron chi connectivity index (χ2n) is 4.54. The molecule has 2 N–H and O–H groups in total. The van der Waals surface area contributed by atoms with E-state index in [1.54, 1.807) is 13.8 Å². The standard InChI is InChI=1S/C10H24N2O3S/c1-5-7-12(8-6-2)16(14,15)11-9-10(3,4)13/h11,13H,5-9H2,1-4H3. The minimum atomic E-state index is -3.46. The maximum Gasteiger partial charge on any atom is 0.279 e. The van der Waals surface area contributed by atoms with Gasteiger partial charge in [0.1, 0.15) is 0 Å². The molecule has 0 unspecified atom stereocenters. The van der Waals surface area contributed by atoms with Crippen molar-refractivity contribution >= 4 is 10.2 Å². The summed E-state index contributed by atoms with van der Waals surface area (Å²) in [6.07, 6.45) is 1.56. The van der Waals surface area contributed by atoms with Gasteiger partial charge in [-0.05, 0) is 26.7 Å². The van der Waals surface area contributed by atoms with Crippen LogP contribution < -0.4 is 4.72 Å². The Morgan fingerprint density at radius 1 is 1.19 bits per heavy atom. The molecule has 0 aliphatic heterocycles. The molecule has 5 nitrogen and oxygen atoms in total. The third kappa shape index (κ3) is 6.42. The van der Waals surface area contributed by atoms with E-state index in [0.717, 1.165) is 12.8 Å². The van der Waals surface area contributed by atoms with Gasteiger partial charge in [0.15, 0.2) is 0 Å². The van der Waals surface area contributed by atoms with E-state index < -0.39 is 15.8 Å². The third-order valence-corrected chi connectivity index (χ3v) is 3.53. The molecule has 0 aromatic heterocycles. The zero-order chi connectivity index (χ0) is 12.8. The van der Waals surface area contributed by atoms with Gasteiger partial charge < -0.3 is 5.11 Å². The largest absolute Gasteiger partial charge is 0.389 e. The Morgan fingerprint density at radius 2 is 1.62 bits per heavy atom. The minimum Gasteiger partial charge on any atom is -0.389 e. The summed E-state index contributed by atoms with van der Waals surface area (Å²) in [6.45, 7) is 8.06. The highest BCUT2D eigenvalue weighted by Crippen LogP contribution is 2.04. The predicted molar refractivity (Wildman–Crippen MR) is 65.4 cm³/mol. The molecule has 0 radical (unpaired) electrons. The van der Waals surface area contributed by atoms with Gasteiger partial charge in [-0.3, -0.25) is 0 Å². The first-order valence-electron chi connectivity index (χ1n) is 5.70. The van der Waals surface area contributed by atoms with Crippen LogP contribution in [0.3, 0.4) is 0 Å². The normalized spacial score (nSPS) is 13.4. The smallest absolute Gasteiger partial charge is 0.279 e. The van der Waals surface area contributed by atoms with E-state index in [1.165, 1.54) is 4.31 Å². The summed E-state index contributed by atoms with van der Waals surface area (Å²) in [4.78, 5) is 0. The van der Waals surface area contributed by atoms with Crippen molar-refractivity contribution in [3.8, 4) is 0 Å². The average Bonchev–Trinajstić information content (AvgIpc) is 2.14. The first-order chi connectivity index (χ1) is 7.23. The fraction of sp³-hybridized carbons (Fsp3) is 1.00. The van der Waals surface area contributed by atoms with E-state index in [2.05, 4.69) is 4.72 Å². The van der Waals surface area contributed by atoms with Crippen LogP contribution in [-0.2, 0) is 10.2 Å². The summed E-state index contributed by atoms with van der Waals surface area (Å²) in [5.41, 5.74) is -1.03. The molecule has 6 heteroatoms. The maximum absolute atomic E-state index is 11.9. The third-order valence-electron chi connectivity index (χ3n) is 1.97.